The number of urea groups is 1. The topological polar surface area (TPSA) is 102 Å². The first-order valence-electron chi connectivity index (χ1n) is 10.9. The lowest BCUT2D eigenvalue weighted by Crippen LogP contribution is -2.40. The number of carbonyl (C=O) groups is 2. The SMILES string of the molecule is CCCNC(=O)NC(=O)CSc1nc2sc3c(c2c(=O)n1CC1CCCO1)CCCC3. The smallest absolute Gasteiger partial charge is 0.321 e. The molecule has 3 heterocycles. The standard InChI is InChI=1S/C21H28N4O4S2/c1-2-9-22-20(28)23-16(26)12-30-21-24-18-17(14-7-3-4-8-15(14)31-18)19(27)25(21)11-13-6-5-10-29-13/h13H,2-12H2,1H3,(H2,22,23,26,28). The van der Waals surface area contributed by atoms with Gasteiger partial charge in [0, 0.05) is 18.0 Å². The molecule has 3 amide bonds. The average molecular weight is 465 g/mol. The van der Waals surface area contributed by atoms with Gasteiger partial charge in [-0.1, -0.05) is 18.7 Å². The van der Waals surface area contributed by atoms with Crippen LogP contribution < -0.4 is 16.2 Å². The van der Waals surface area contributed by atoms with Gasteiger partial charge in [-0.25, -0.2) is 9.78 Å². The van der Waals surface area contributed by atoms with Crippen LogP contribution in [0, 0.1) is 0 Å². The van der Waals surface area contributed by atoms with E-state index in [4.69, 9.17) is 9.72 Å². The molecule has 0 bridgehead atoms. The number of fused-ring (bicyclic) bond motifs is 3. The maximum absolute atomic E-state index is 13.5. The molecule has 2 N–H and O–H groups in total. The van der Waals surface area contributed by atoms with Crippen molar-refractivity contribution in [3.63, 3.8) is 0 Å². The summed E-state index contributed by atoms with van der Waals surface area (Å²) in [7, 11) is 0. The lowest BCUT2D eigenvalue weighted by molar-refractivity contribution is -0.117. The second kappa shape index (κ2) is 10.1. The Morgan fingerprint density at radius 2 is 2.13 bits per heavy atom. The quantitative estimate of drug-likeness (QED) is 0.483. The summed E-state index contributed by atoms with van der Waals surface area (Å²) >= 11 is 2.79. The summed E-state index contributed by atoms with van der Waals surface area (Å²) < 4.78 is 7.44. The summed E-state index contributed by atoms with van der Waals surface area (Å²) in [6, 6.07) is -0.501. The van der Waals surface area contributed by atoms with Crippen LogP contribution in [0.5, 0.6) is 0 Å². The van der Waals surface area contributed by atoms with E-state index in [0.717, 1.165) is 60.7 Å². The number of carbonyl (C=O) groups excluding carboxylic acids is 2. The van der Waals surface area contributed by atoms with Crippen molar-refractivity contribution < 1.29 is 14.3 Å². The van der Waals surface area contributed by atoms with Crippen LogP contribution in [0.2, 0.25) is 0 Å². The first kappa shape index (κ1) is 22.3. The van der Waals surface area contributed by atoms with Crippen LogP contribution in [-0.4, -0.2) is 46.5 Å². The Labute approximate surface area is 189 Å². The molecule has 2 aromatic heterocycles. The second-order valence-electron chi connectivity index (χ2n) is 7.93. The third-order valence-corrected chi connectivity index (χ3v) is 7.73. The number of nitrogens with zero attached hydrogens (tertiary/aromatic N) is 2. The molecule has 1 aliphatic carbocycles. The van der Waals surface area contributed by atoms with Gasteiger partial charge in [0.2, 0.25) is 5.91 Å². The zero-order valence-electron chi connectivity index (χ0n) is 17.7. The van der Waals surface area contributed by atoms with Crippen molar-refractivity contribution in [1.29, 1.82) is 0 Å². The fourth-order valence-corrected chi connectivity index (χ4v) is 6.17. The maximum atomic E-state index is 13.5. The van der Waals surface area contributed by atoms with E-state index < -0.39 is 11.9 Å². The second-order valence-corrected chi connectivity index (χ2v) is 9.96. The van der Waals surface area contributed by atoms with Crippen molar-refractivity contribution >= 4 is 45.3 Å². The molecule has 2 aliphatic rings. The summed E-state index contributed by atoms with van der Waals surface area (Å²) in [6.07, 6.45) is 6.84. The Kier molecular flexibility index (Phi) is 7.29. The van der Waals surface area contributed by atoms with Gasteiger partial charge in [-0.3, -0.25) is 19.5 Å². The van der Waals surface area contributed by atoms with Crippen molar-refractivity contribution in [3.8, 4) is 0 Å². The van der Waals surface area contributed by atoms with Crippen molar-refractivity contribution in [2.45, 2.75) is 69.7 Å². The molecule has 1 fully saturated rings. The van der Waals surface area contributed by atoms with Crippen molar-refractivity contribution in [1.82, 2.24) is 20.2 Å². The van der Waals surface area contributed by atoms with Gasteiger partial charge in [-0.05, 0) is 50.5 Å². The largest absolute Gasteiger partial charge is 0.376 e. The fourth-order valence-electron chi connectivity index (χ4n) is 4.06. The normalized spacial score (nSPS) is 18.2. The summed E-state index contributed by atoms with van der Waals surface area (Å²) in [5.41, 5.74) is 1.12. The van der Waals surface area contributed by atoms with E-state index in [1.54, 1.807) is 15.9 Å². The van der Waals surface area contributed by atoms with E-state index in [1.807, 2.05) is 6.92 Å². The van der Waals surface area contributed by atoms with Gasteiger partial charge in [0.15, 0.2) is 5.16 Å². The number of nitrogens with one attached hydrogen (secondary N) is 2. The van der Waals surface area contributed by atoms with Crippen LogP contribution in [0.3, 0.4) is 0 Å². The molecule has 0 radical (unpaired) electrons. The molecule has 0 aromatic carbocycles. The third-order valence-electron chi connectivity index (χ3n) is 5.57. The molecule has 1 atom stereocenters. The highest BCUT2D eigenvalue weighted by atomic mass is 32.2. The molecular weight excluding hydrogens is 436 g/mol. The summed E-state index contributed by atoms with van der Waals surface area (Å²) in [5.74, 6) is -0.407. The molecule has 8 nitrogen and oxygen atoms in total. The molecule has 1 unspecified atom stereocenters. The number of ether oxygens (including phenoxy) is 1. The van der Waals surface area contributed by atoms with Crippen LogP contribution in [-0.2, 0) is 28.9 Å². The molecule has 2 aromatic rings. The molecule has 10 heteroatoms. The number of thiophene rings is 1. The molecule has 4 rings (SSSR count). The number of hydrogen-bond donors (Lipinski definition) is 2. The van der Waals surface area contributed by atoms with Gasteiger partial charge in [0.25, 0.3) is 5.56 Å². The fraction of sp³-hybridized carbons (Fsp3) is 0.619. The molecule has 0 spiro atoms. The van der Waals surface area contributed by atoms with Crippen LogP contribution in [0.4, 0.5) is 4.79 Å². The number of aromatic nitrogens is 2. The minimum atomic E-state index is -0.501. The Balaban J connectivity index is 1.59. The highest BCUT2D eigenvalue weighted by Gasteiger charge is 2.25. The lowest BCUT2D eigenvalue weighted by atomic mass is 9.97. The Morgan fingerprint density at radius 3 is 2.90 bits per heavy atom. The zero-order chi connectivity index (χ0) is 21.8. The highest BCUT2D eigenvalue weighted by Crippen LogP contribution is 2.35. The molecule has 31 heavy (non-hydrogen) atoms. The first-order valence-corrected chi connectivity index (χ1v) is 12.7. The molecule has 1 saturated heterocycles. The number of imide groups is 1. The molecule has 1 aliphatic heterocycles. The van der Waals surface area contributed by atoms with Gasteiger partial charge >= 0.3 is 6.03 Å². The number of amides is 3. The minimum Gasteiger partial charge on any atom is -0.376 e. The molecular formula is C21H28N4O4S2. The average Bonchev–Trinajstić information content (AvgIpc) is 3.40. The third kappa shape index (κ3) is 5.12. The van der Waals surface area contributed by atoms with Crippen LogP contribution in [0.15, 0.2) is 9.95 Å². The van der Waals surface area contributed by atoms with E-state index in [9.17, 15) is 14.4 Å². The van der Waals surface area contributed by atoms with Gasteiger partial charge in [0.05, 0.1) is 23.8 Å². The monoisotopic (exact) mass is 464 g/mol. The number of aryl methyl sites for hydroxylation is 2. The number of rotatable bonds is 7. The molecule has 168 valence electrons. The molecule has 0 saturated carbocycles. The van der Waals surface area contributed by atoms with Crippen LogP contribution >= 0.6 is 23.1 Å². The summed E-state index contributed by atoms with van der Waals surface area (Å²) in [6.45, 7) is 3.60. The Morgan fingerprint density at radius 1 is 1.29 bits per heavy atom. The van der Waals surface area contributed by atoms with Gasteiger partial charge in [0.1, 0.15) is 4.83 Å². The van der Waals surface area contributed by atoms with E-state index in [2.05, 4.69) is 10.6 Å². The van der Waals surface area contributed by atoms with Crippen molar-refractivity contribution in [2.75, 3.05) is 18.9 Å². The lowest BCUT2D eigenvalue weighted by Gasteiger charge is -2.16. The van der Waals surface area contributed by atoms with E-state index in [1.165, 1.54) is 16.6 Å². The van der Waals surface area contributed by atoms with E-state index in [-0.39, 0.29) is 17.4 Å². The Bertz CT molecular complexity index is 1030. The van der Waals surface area contributed by atoms with Gasteiger partial charge < -0.3 is 10.1 Å². The van der Waals surface area contributed by atoms with Crippen molar-refractivity contribution in [2.24, 2.45) is 0 Å². The predicted octanol–water partition coefficient (Wildman–Crippen LogP) is 2.84. The summed E-state index contributed by atoms with van der Waals surface area (Å²) in [5, 5.41) is 6.19. The zero-order valence-corrected chi connectivity index (χ0v) is 19.3. The minimum absolute atomic E-state index is 0.00804. The van der Waals surface area contributed by atoms with Gasteiger partial charge in [-0.2, -0.15) is 0 Å². The van der Waals surface area contributed by atoms with E-state index in [0.29, 0.717) is 24.9 Å². The first-order chi connectivity index (χ1) is 15.1. The number of hydrogen-bond acceptors (Lipinski definition) is 7. The summed E-state index contributed by atoms with van der Waals surface area (Å²) in [4.78, 5) is 44.3. The highest BCUT2D eigenvalue weighted by molar-refractivity contribution is 7.99. The Hall–Kier alpha value is -1.91. The van der Waals surface area contributed by atoms with Crippen LogP contribution in [0.1, 0.15) is 49.5 Å². The predicted molar refractivity (Wildman–Crippen MR) is 122 cm³/mol. The van der Waals surface area contributed by atoms with Crippen LogP contribution in [0.25, 0.3) is 10.2 Å². The van der Waals surface area contributed by atoms with Gasteiger partial charge in [-0.15, -0.1) is 11.3 Å². The van der Waals surface area contributed by atoms with E-state index >= 15 is 0 Å². The number of thioether (sulfide) groups is 1. The van der Waals surface area contributed by atoms with Crippen molar-refractivity contribution in [3.05, 3.63) is 20.8 Å². The maximum Gasteiger partial charge on any atom is 0.321 e.